The normalized spacial score (nSPS) is 11.3. The molecule has 1 heterocycles. The summed E-state index contributed by atoms with van der Waals surface area (Å²) in [4.78, 5) is 58.7. The van der Waals surface area contributed by atoms with E-state index in [1.54, 1.807) is 13.8 Å². The van der Waals surface area contributed by atoms with Gasteiger partial charge in [-0.1, -0.05) is 91.0 Å². The Kier molecular flexibility index (Phi) is 11.8. The van der Waals surface area contributed by atoms with Crippen LogP contribution in [0, 0.1) is 0 Å². The fraction of sp³-hybridized carbons (Fsp3) is 0.235. The molecule has 0 bridgehead atoms. The topological polar surface area (TPSA) is 155 Å². The molecule has 0 fully saturated rings. The molecule has 4 rings (SSSR count). The molecule has 46 heavy (non-hydrogen) atoms. The maximum Gasteiger partial charge on any atom is 0.511 e. The van der Waals surface area contributed by atoms with Gasteiger partial charge in [-0.05, 0) is 30.5 Å². The molecule has 12 nitrogen and oxygen atoms in total. The molecule has 238 valence electrons. The Morgan fingerprint density at radius 3 is 1.91 bits per heavy atom. The fourth-order valence-electron chi connectivity index (χ4n) is 4.16. The second kappa shape index (κ2) is 16.3. The van der Waals surface area contributed by atoms with Crippen molar-refractivity contribution in [1.82, 2.24) is 20.6 Å². The van der Waals surface area contributed by atoms with Crippen LogP contribution in [-0.2, 0) is 25.6 Å². The predicted molar refractivity (Wildman–Crippen MR) is 166 cm³/mol. The van der Waals surface area contributed by atoms with E-state index >= 15 is 0 Å². The summed E-state index contributed by atoms with van der Waals surface area (Å²) in [5, 5.41) is 5.38. The van der Waals surface area contributed by atoms with Crippen LogP contribution >= 0.6 is 0 Å². The minimum Gasteiger partial charge on any atom is -0.472 e. The van der Waals surface area contributed by atoms with Crippen molar-refractivity contribution in [2.24, 2.45) is 0 Å². The highest BCUT2D eigenvalue weighted by molar-refractivity contribution is 5.98. The van der Waals surface area contributed by atoms with Crippen LogP contribution in [-0.4, -0.2) is 52.8 Å². The van der Waals surface area contributed by atoms with E-state index in [2.05, 4.69) is 20.6 Å². The molecule has 0 radical (unpaired) electrons. The van der Waals surface area contributed by atoms with Crippen molar-refractivity contribution in [2.45, 2.75) is 45.8 Å². The van der Waals surface area contributed by atoms with Crippen LogP contribution in [0.3, 0.4) is 0 Å². The number of hydrogen-bond donors (Lipinski definition) is 2. The van der Waals surface area contributed by atoms with Gasteiger partial charge < -0.3 is 29.6 Å². The van der Waals surface area contributed by atoms with Crippen molar-refractivity contribution in [3.63, 3.8) is 0 Å². The first kappa shape index (κ1) is 33.1. The molecular formula is C34H34N4O8. The Morgan fingerprint density at radius 1 is 0.739 bits per heavy atom. The number of hydrogen-bond acceptors (Lipinski definition) is 10. The lowest BCUT2D eigenvalue weighted by Crippen LogP contribution is -2.34. The van der Waals surface area contributed by atoms with E-state index in [9.17, 15) is 19.2 Å². The van der Waals surface area contributed by atoms with Crippen LogP contribution in [0.1, 0.15) is 64.5 Å². The zero-order chi connectivity index (χ0) is 32.9. The largest absolute Gasteiger partial charge is 0.511 e. The van der Waals surface area contributed by atoms with E-state index in [1.807, 2.05) is 91.0 Å². The number of nitrogens with zero attached hydrogens (tertiary/aromatic N) is 2. The second-order valence-corrected chi connectivity index (χ2v) is 10.2. The number of amides is 2. The molecule has 0 aliphatic rings. The molecule has 2 amide bonds. The number of nitrogens with one attached hydrogen (secondary N) is 2. The minimum atomic E-state index is -1.25. The highest BCUT2D eigenvalue weighted by Gasteiger charge is 2.24. The van der Waals surface area contributed by atoms with Crippen molar-refractivity contribution in [2.75, 3.05) is 6.54 Å². The van der Waals surface area contributed by atoms with Gasteiger partial charge in [0.25, 0.3) is 11.8 Å². The Labute approximate surface area is 266 Å². The van der Waals surface area contributed by atoms with Crippen molar-refractivity contribution in [3.05, 3.63) is 125 Å². The van der Waals surface area contributed by atoms with Gasteiger partial charge in [0, 0.05) is 13.1 Å². The number of aromatic nitrogens is 2. The number of carbonyl (C=O) groups is 4. The van der Waals surface area contributed by atoms with Crippen LogP contribution in [0.4, 0.5) is 4.79 Å². The Balaban J connectivity index is 1.50. The Hall–Kier alpha value is -5.78. The summed E-state index contributed by atoms with van der Waals surface area (Å²) < 4.78 is 20.5. The molecule has 0 saturated carbocycles. The van der Waals surface area contributed by atoms with Gasteiger partial charge in [0.05, 0.1) is 12.1 Å². The molecule has 0 saturated heterocycles. The maximum atomic E-state index is 13.7. The van der Waals surface area contributed by atoms with Crippen LogP contribution in [0.15, 0.2) is 97.2 Å². The summed E-state index contributed by atoms with van der Waals surface area (Å²) in [6.07, 6.45) is -1.47. The van der Waals surface area contributed by atoms with Gasteiger partial charge in [-0.3, -0.25) is 14.4 Å². The molecule has 0 aliphatic carbocycles. The summed E-state index contributed by atoms with van der Waals surface area (Å²) in [6, 6.07) is 27.7. The number of carbonyl (C=O) groups excluding carboxylic acids is 4. The quantitative estimate of drug-likeness (QED) is 0.157. The van der Waals surface area contributed by atoms with Gasteiger partial charge in [0.2, 0.25) is 18.0 Å². The summed E-state index contributed by atoms with van der Waals surface area (Å²) in [5.74, 6) is -2.72. The van der Waals surface area contributed by atoms with E-state index in [-0.39, 0.29) is 23.9 Å². The van der Waals surface area contributed by atoms with E-state index in [0.29, 0.717) is 0 Å². The third-order valence-electron chi connectivity index (χ3n) is 6.25. The highest BCUT2D eigenvalue weighted by atomic mass is 16.8. The van der Waals surface area contributed by atoms with Gasteiger partial charge in [0.15, 0.2) is 0 Å². The van der Waals surface area contributed by atoms with E-state index in [1.165, 1.54) is 13.1 Å². The third-order valence-corrected chi connectivity index (χ3v) is 6.25. The zero-order valence-corrected chi connectivity index (χ0v) is 25.5. The molecule has 4 aromatic rings. The van der Waals surface area contributed by atoms with Gasteiger partial charge in [-0.15, -0.1) is 0 Å². The van der Waals surface area contributed by atoms with E-state index in [0.717, 1.165) is 16.7 Å². The Bertz CT molecular complexity index is 1580. The lowest BCUT2D eigenvalue weighted by atomic mass is 9.98. The monoisotopic (exact) mass is 626 g/mol. The van der Waals surface area contributed by atoms with Crippen LogP contribution in [0.25, 0.3) is 0 Å². The number of benzene rings is 3. The first-order valence-corrected chi connectivity index (χ1v) is 14.5. The minimum absolute atomic E-state index is 0.00279. The average molecular weight is 627 g/mol. The molecule has 3 aromatic carbocycles. The van der Waals surface area contributed by atoms with Crippen molar-refractivity contribution in [1.29, 1.82) is 0 Å². The lowest BCUT2D eigenvalue weighted by molar-refractivity contribution is -0.167. The van der Waals surface area contributed by atoms with Crippen molar-refractivity contribution < 1.29 is 38.1 Å². The maximum absolute atomic E-state index is 13.7. The van der Waals surface area contributed by atoms with Crippen molar-refractivity contribution in [3.8, 4) is 5.88 Å². The number of ether oxygens (including phenoxy) is 4. The smallest absolute Gasteiger partial charge is 0.472 e. The van der Waals surface area contributed by atoms with Crippen LogP contribution < -0.4 is 15.4 Å². The molecule has 12 heteroatoms. The van der Waals surface area contributed by atoms with Gasteiger partial charge in [-0.2, -0.15) is 4.98 Å². The first-order valence-electron chi connectivity index (χ1n) is 14.5. The summed E-state index contributed by atoms with van der Waals surface area (Å²) in [6.45, 7) is 4.08. The van der Waals surface area contributed by atoms with Gasteiger partial charge >= 0.3 is 12.1 Å². The molecule has 1 atom stereocenters. The average Bonchev–Trinajstić information content (AvgIpc) is 3.05. The third kappa shape index (κ3) is 9.88. The van der Waals surface area contributed by atoms with Crippen LogP contribution in [0.5, 0.6) is 5.88 Å². The fourth-order valence-corrected chi connectivity index (χ4v) is 4.16. The molecule has 1 aromatic heterocycles. The summed E-state index contributed by atoms with van der Waals surface area (Å²) in [7, 11) is 0. The standard InChI is InChI=1S/C34H34N4O8/c1-22(2)44-34(42)46-23(3)45-28(39)20-36-32(41)30-35-19-27(33(38-30)43-21-24-13-7-4-8-14-24)31(40)37-29(25-15-9-5-10-16-25)26-17-11-6-12-18-26/h4-19,22-23,29H,20-21H2,1-3H3,(H,36,41)(H,37,40). The second-order valence-electron chi connectivity index (χ2n) is 10.2. The molecule has 0 aliphatic heterocycles. The number of esters is 1. The van der Waals surface area contributed by atoms with E-state index in [4.69, 9.17) is 18.9 Å². The molecule has 2 N–H and O–H groups in total. The SMILES string of the molecule is CC(C)OC(=O)OC(C)OC(=O)CNC(=O)c1ncc(C(=O)NC(c2ccccc2)c2ccccc2)c(OCc2ccccc2)n1. The predicted octanol–water partition coefficient (Wildman–Crippen LogP) is 4.76. The Morgan fingerprint density at radius 2 is 1.33 bits per heavy atom. The van der Waals surface area contributed by atoms with Gasteiger partial charge in [0.1, 0.15) is 18.7 Å². The first-order chi connectivity index (χ1) is 22.2. The highest BCUT2D eigenvalue weighted by Crippen LogP contribution is 2.24. The molecule has 0 spiro atoms. The van der Waals surface area contributed by atoms with E-state index < -0.39 is 48.9 Å². The molecule has 1 unspecified atom stereocenters. The summed E-state index contributed by atoms with van der Waals surface area (Å²) in [5.41, 5.74) is 2.52. The zero-order valence-electron chi connectivity index (χ0n) is 25.5. The number of rotatable bonds is 13. The molecular weight excluding hydrogens is 592 g/mol. The van der Waals surface area contributed by atoms with Crippen molar-refractivity contribution >= 4 is 23.9 Å². The van der Waals surface area contributed by atoms with Crippen LogP contribution in [0.2, 0.25) is 0 Å². The summed E-state index contributed by atoms with van der Waals surface area (Å²) >= 11 is 0. The van der Waals surface area contributed by atoms with Gasteiger partial charge in [-0.25, -0.2) is 9.78 Å². The lowest BCUT2D eigenvalue weighted by Gasteiger charge is -2.20.